The molecule has 1 aromatic rings. The Balaban J connectivity index is 2.39. The van der Waals surface area contributed by atoms with Crippen LogP contribution in [0.25, 0.3) is 0 Å². The molecule has 3 nitrogen and oxygen atoms in total. The van der Waals surface area contributed by atoms with E-state index in [1.54, 1.807) is 6.92 Å². The van der Waals surface area contributed by atoms with E-state index in [9.17, 15) is 13.6 Å². The first-order valence-corrected chi connectivity index (χ1v) is 6.89. The fourth-order valence-electron chi connectivity index (χ4n) is 1.82. The van der Waals surface area contributed by atoms with Crippen LogP contribution >= 0.6 is 0 Å². The molecule has 0 radical (unpaired) electrons. The molecule has 0 aliphatic carbocycles. The Labute approximate surface area is 118 Å². The minimum absolute atomic E-state index is 0.300. The molecule has 2 amide bonds. The van der Waals surface area contributed by atoms with Crippen molar-refractivity contribution in [1.82, 2.24) is 10.6 Å². The van der Waals surface area contributed by atoms with Gasteiger partial charge >= 0.3 is 6.03 Å². The highest BCUT2D eigenvalue weighted by Gasteiger charge is 2.11. The third-order valence-corrected chi connectivity index (χ3v) is 3.04. The van der Waals surface area contributed by atoms with Crippen molar-refractivity contribution in [3.8, 4) is 0 Å². The Morgan fingerprint density at radius 3 is 2.50 bits per heavy atom. The van der Waals surface area contributed by atoms with E-state index in [1.165, 1.54) is 6.07 Å². The fourth-order valence-corrected chi connectivity index (χ4v) is 1.82. The van der Waals surface area contributed by atoms with Crippen LogP contribution in [-0.2, 0) is 0 Å². The van der Waals surface area contributed by atoms with E-state index in [0.717, 1.165) is 25.0 Å². The van der Waals surface area contributed by atoms with Crippen LogP contribution in [0, 0.1) is 17.6 Å². The predicted molar refractivity (Wildman–Crippen MR) is 75.4 cm³/mol. The van der Waals surface area contributed by atoms with Gasteiger partial charge in [-0.15, -0.1) is 0 Å². The summed E-state index contributed by atoms with van der Waals surface area (Å²) in [6.07, 6.45) is 1.98. The lowest BCUT2D eigenvalue weighted by Gasteiger charge is -2.15. The molecule has 0 aliphatic rings. The van der Waals surface area contributed by atoms with Crippen molar-refractivity contribution in [2.24, 2.45) is 5.92 Å². The molecular weight excluding hydrogens is 262 g/mol. The number of amides is 2. The third kappa shape index (κ3) is 5.55. The first kappa shape index (κ1) is 16.4. The molecule has 0 aromatic heterocycles. The molecule has 0 fully saturated rings. The molecule has 0 bridgehead atoms. The zero-order valence-electron chi connectivity index (χ0n) is 12.2. The lowest BCUT2D eigenvalue weighted by Crippen LogP contribution is -2.37. The molecule has 5 heteroatoms. The minimum atomic E-state index is -0.909. The second-order valence-electron chi connectivity index (χ2n) is 5.33. The van der Waals surface area contributed by atoms with Gasteiger partial charge in [0, 0.05) is 6.54 Å². The standard InChI is InChI=1S/C15H22F2N2O/c1-10(2)5-4-8-18-15(20)19-11(3)12-6-7-13(16)14(17)9-12/h6-7,9-11H,4-5,8H2,1-3H3,(H2,18,19,20)/t11-/m1/s1. The van der Waals surface area contributed by atoms with E-state index < -0.39 is 11.6 Å². The topological polar surface area (TPSA) is 41.1 Å². The van der Waals surface area contributed by atoms with Gasteiger partial charge in [-0.05, 0) is 43.4 Å². The van der Waals surface area contributed by atoms with Gasteiger partial charge in [0.1, 0.15) is 0 Å². The summed E-state index contributed by atoms with van der Waals surface area (Å²) in [5, 5.41) is 5.44. The first-order chi connectivity index (χ1) is 9.40. The molecule has 0 saturated carbocycles. The Morgan fingerprint density at radius 2 is 1.90 bits per heavy atom. The Kier molecular flexibility index (Phi) is 6.42. The van der Waals surface area contributed by atoms with E-state index in [0.29, 0.717) is 18.0 Å². The molecule has 0 aliphatic heterocycles. The van der Waals surface area contributed by atoms with Gasteiger partial charge in [-0.3, -0.25) is 0 Å². The summed E-state index contributed by atoms with van der Waals surface area (Å²) in [6.45, 7) is 6.59. The lowest BCUT2D eigenvalue weighted by molar-refractivity contribution is 0.237. The van der Waals surface area contributed by atoms with Crippen molar-refractivity contribution in [1.29, 1.82) is 0 Å². The first-order valence-electron chi connectivity index (χ1n) is 6.89. The molecule has 0 spiro atoms. The number of carbonyl (C=O) groups is 1. The van der Waals surface area contributed by atoms with Gasteiger partial charge in [-0.25, -0.2) is 13.6 Å². The third-order valence-electron chi connectivity index (χ3n) is 3.04. The molecule has 1 rings (SSSR count). The highest BCUT2D eigenvalue weighted by molar-refractivity contribution is 5.74. The molecule has 0 saturated heterocycles. The molecule has 0 heterocycles. The number of hydrogen-bond donors (Lipinski definition) is 2. The van der Waals surface area contributed by atoms with Gasteiger partial charge in [0.05, 0.1) is 6.04 Å². The smallest absolute Gasteiger partial charge is 0.315 e. The van der Waals surface area contributed by atoms with Crippen molar-refractivity contribution in [3.63, 3.8) is 0 Å². The van der Waals surface area contributed by atoms with Gasteiger partial charge in [0.2, 0.25) is 0 Å². The zero-order chi connectivity index (χ0) is 15.1. The van der Waals surface area contributed by atoms with Gasteiger partial charge in [-0.1, -0.05) is 19.9 Å². The van der Waals surface area contributed by atoms with Crippen LogP contribution in [-0.4, -0.2) is 12.6 Å². The van der Waals surface area contributed by atoms with Crippen molar-refractivity contribution in [3.05, 3.63) is 35.4 Å². The fraction of sp³-hybridized carbons (Fsp3) is 0.533. The summed E-state index contributed by atoms with van der Waals surface area (Å²) in [5.74, 6) is -1.19. The van der Waals surface area contributed by atoms with Gasteiger partial charge in [0.15, 0.2) is 11.6 Å². The summed E-state index contributed by atoms with van der Waals surface area (Å²) < 4.78 is 25.9. The minimum Gasteiger partial charge on any atom is -0.338 e. The number of nitrogens with one attached hydrogen (secondary N) is 2. The quantitative estimate of drug-likeness (QED) is 0.767. The van der Waals surface area contributed by atoms with Crippen LogP contribution in [0.3, 0.4) is 0 Å². The summed E-state index contributed by atoms with van der Waals surface area (Å²) in [7, 11) is 0. The van der Waals surface area contributed by atoms with Gasteiger partial charge < -0.3 is 10.6 Å². The summed E-state index contributed by atoms with van der Waals surface area (Å²) in [4.78, 5) is 11.6. The van der Waals surface area contributed by atoms with Crippen LogP contribution in [0.15, 0.2) is 18.2 Å². The zero-order valence-corrected chi connectivity index (χ0v) is 12.2. The van der Waals surface area contributed by atoms with E-state index in [2.05, 4.69) is 24.5 Å². The van der Waals surface area contributed by atoms with Crippen molar-refractivity contribution >= 4 is 6.03 Å². The summed E-state index contributed by atoms with van der Waals surface area (Å²) >= 11 is 0. The van der Waals surface area contributed by atoms with Crippen LogP contribution in [0.4, 0.5) is 13.6 Å². The van der Waals surface area contributed by atoms with E-state index >= 15 is 0 Å². The average Bonchev–Trinajstić information content (AvgIpc) is 2.37. The summed E-state index contributed by atoms with van der Waals surface area (Å²) in [5.41, 5.74) is 0.529. The molecule has 1 aromatic carbocycles. The van der Waals surface area contributed by atoms with Crippen molar-refractivity contribution in [2.45, 2.75) is 39.7 Å². The number of urea groups is 1. The van der Waals surface area contributed by atoms with Crippen LogP contribution < -0.4 is 10.6 Å². The van der Waals surface area contributed by atoms with Crippen molar-refractivity contribution in [2.75, 3.05) is 6.54 Å². The summed E-state index contributed by atoms with van der Waals surface area (Å²) in [6, 6.07) is 2.94. The Hall–Kier alpha value is -1.65. The monoisotopic (exact) mass is 284 g/mol. The SMILES string of the molecule is CC(C)CCCNC(=O)N[C@H](C)c1ccc(F)c(F)c1. The number of rotatable bonds is 6. The number of carbonyl (C=O) groups excluding carboxylic acids is 1. The molecule has 1 atom stereocenters. The molecule has 112 valence electrons. The van der Waals surface area contributed by atoms with E-state index in [4.69, 9.17) is 0 Å². The highest BCUT2D eigenvalue weighted by Crippen LogP contribution is 2.15. The maximum Gasteiger partial charge on any atom is 0.315 e. The lowest BCUT2D eigenvalue weighted by atomic mass is 10.1. The largest absolute Gasteiger partial charge is 0.338 e. The highest BCUT2D eigenvalue weighted by atomic mass is 19.2. The maximum absolute atomic E-state index is 13.1. The number of hydrogen-bond acceptors (Lipinski definition) is 1. The van der Waals surface area contributed by atoms with Crippen LogP contribution in [0.2, 0.25) is 0 Å². The average molecular weight is 284 g/mol. The van der Waals surface area contributed by atoms with E-state index in [1.807, 2.05) is 0 Å². The molecule has 0 unspecified atom stereocenters. The number of halogens is 2. The Morgan fingerprint density at radius 1 is 1.20 bits per heavy atom. The maximum atomic E-state index is 13.1. The molecular formula is C15H22F2N2O. The van der Waals surface area contributed by atoms with Crippen molar-refractivity contribution < 1.29 is 13.6 Å². The van der Waals surface area contributed by atoms with Crippen LogP contribution in [0.1, 0.15) is 45.2 Å². The Bertz CT molecular complexity index is 449. The second-order valence-corrected chi connectivity index (χ2v) is 5.33. The van der Waals surface area contributed by atoms with Gasteiger partial charge in [-0.2, -0.15) is 0 Å². The number of benzene rings is 1. The normalized spacial score (nSPS) is 12.3. The second kappa shape index (κ2) is 7.82. The molecule has 2 N–H and O–H groups in total. The van der Waals surface area contributed by atoms with E-state index in [-0.39, 0.29) is 12.1 Å². The molecule has 20 heavy (non-hydrogen) atoms. The van der Waals surface area contributed by atoms with Gasteiger partial charge in [0.25, 0.3) is 0 Å². The van der Waals surface area contributed by atoms with Crippen LogP contribution in [0.5, 0.6) is 0 Å². The predicted octanol–water partition coefficient (Wildman–Crippen LogP) is 3.76.